The highest BCUT2D eigenvalue weighted by atomic mass is 79.9. The van der Waals surface area contributed by atoms with Crippen LogP contribution in [0.5, 0.6) is 0 Å². The number of rotatable bonds is 3. The Morgan fingerprint density at radius 1 is 1.33 bits per heavy atom. The molecule has 0 atom stereocenters. The first-order valence-corrected chi connectivity index (χ1v) is 8.80. The molecular formula is C17H11BrN2O3S. The van der Waals surface area contributed by atoms with Crippen LogP contribution in [-0.2, 0) is 6.54 Å². The maximum Gasteiger partial charge on any atom is 0.262 e. The second-order valence-corrected chi connectivity index (χ2v) is 7.62. The summed E-state index contributed by atoms with van der Waals surface area (Å²) in [6.07, 6.45) is 1.41. The van der Waals surface area contributed by atoms with Gasteiger partial charge in [0.15, 0.2) is 5.76 Å². The van der Waals surface area contributed by atoms with Gasteiger partial charge in [0.1, 0.15) is 10.4 Å². The average Bonchev–Trinajstić information content (AvgIpc) is 3.13. The minimum atomic E-state index is -0.266. The molecule has 5 nitrogen and oxygen atoms in total. The molecule has 0 bridgehead atoms. The SMILES string of the molecule is Cc1cc2c(=O)n(CC(=O)c3cc4cc(Br)ccc4o3)cnc2s1. The van der Waals surface area contributed by atoms with Gasteiger partial charge in [-0.3, -0.25) is 14.2 Å². The maximum atomic E-state index is 12.5. The van der Waals surface area contributed by atoms with Crippen molar-refractivity contribution in [1.82, 2.24) is 9.55 Å². The molecule has 0 N–H and O–H groups in total. The van der Waals surface area contributed by atoms with Gasteiger partial charge >= 0.3 is 0 Å². The van der Waals surface area contributed by atoms with Crippen LogP contribution in [0.4, 0.5) is 0 Å². The summed E-state index contributed by atoms with van der Waals surface area (Å²) in [6, 6.07) is 9.01. The summed E-state index contributed by atoms with van der Waals surface area (Å²) in [5.74, 6) is -0.0332. The van der Waals surface area contributed by atoms with Crippen LogP contribution >= 0.6 is 27.3 Å². The smallest absolute Gasteiger partial charge is 0.262 e. The Labute approximate surface area is 148 Å². The van der Waals surface area contributed by atoms with E-state index in [1.807, 2.05) is 19.1 Å². The van der Waals surface area contributed by atoms with Crippen LogP contribution in [0, 0.1) is 6.92 Å². The molecule has 24 heavy (non-hydrogen) atoms. The number of furan rings is 1. The van der Waals surface area contributed by atoms with Crippen LogP contribution in [0.25, 0.3) is 21.2 Å². The summed E-state index contributed by atoms with van der Waals surface area (Å²) in [6.45, 7) is 1.82. The van der Waals surface area contributed by atoms with E-state index in [1.54, 1.807) is 18.2 Å². The molecule has 120 valence electrons. The topological polar surface area (TPSA) is 65.1 Å². The lowest BCUT2D eigenvalue weighted by molar-refractivity contribution is 0.0945. The molecule has 0 spiro atoms. The predicted molar refractivity (Wildman–Crippen MR) is 96.9 cm³/mol. The number of hydrogen-bond acceptors (Lipinski definition) is 5. The number of fused-ring (bicyclic) bond motifs is 2. The van der Waals surface area contributed by atoms with Crippen LogP contribution in [0.3, 0.4) is 0 Å². The van der Waals surface area contributed by atoms with E-state index in [1.165, 1.54) is 22.2 Å². The Bertz CT molecular complexity index is 1160. The lowest BCUT2D eigenvalue weighted by Crippen LogP contribution is -2.24. The molecule has 4 aromatic rings. The normalized spacial score (nSPS) is 11.4. The summed E-state index contributed by atoms with van der Waals surface area (Å²) in [7, 11) is 0. The number of carbonyl (C=O) groups is 1. The molecule has 0 aliphatic heterocycles. The molecule has 0 aliphatic rings. The Hall–Kier alpha value is -2.25. The van der Waals surface area contributed by atoms with Crippen molar-refractivity contribution in [2.24, 2.45) is 0 Å². The van der Waals surface area contributed by atoms with Crippen LogP contribution < -0.4 is 5.56 Å². The number of Topliss-reactive ketones (excluding diaryl/α,β-unsaturated/α-hetero) is 1. The molecule has 0 unspecified atom stereocenters. The van der Waals surface area contributed by atoms with Crippen molar-refractivity contribution in [3.05, 3.63) is 62.1 Å². The molecule has 3 aromatic heterocycles. The highest BCUT2D eigenvalue weighted by molar-refractivity contribution is 9.10. The zero-order chi connectivity index (χ0) is 16.8. The van der Waals surface area contributed by atoms with Crippen molar-refractivity contribution in [1.29, 1.82) is 0 Å². The van der Waals surface area contributed by atoms with Gasteiger partial charge in [0.25, 0.3) is 5.56 Å². The molecule has 0 saturated heterocycles. The third-order valence-electron chi connectivity index (χ3n) is 3.71. The van der Waals surface area contributed by atoms with Crippen molar-refractivity contribution in [3.63, 3.8) is 0 Å². The minimum absolute atomic E-state index is 0.0995. The number of ketones is 1. The fraction of sp³-hybridized carbons (Fsp3) is 0.118. The van der Waals surface area contributed by atoms with Crippen LogP contribution in [0.1, 0.15) is 15.4 Å². The van der Waals surface area contributed by atoms with E-state index in [-0.39, 0.29) is 23.6 Å². The molecule has 7 heteroatoms. The standard InChI is InChI=1S/C17H11BrN2O3S/c1-9-4-12-16(24-9)19-8-20(17(12)22)7-13(21)15-6-10-5-11(18)2-3-14(10)23-15/h2-6,8H,7H2,1H3. The Kier molecular flexibility index (Phi) is 3.62. The van der Waals surface area contributed by atoms with Gasteiger partial charge in [0, 0.05) is 14.7 Å². The molecule has 0 aliphatic carbocycles. The summed E-state index contributed by atoms with van der Waals surface area (Å²) >= 11 is 4.85. The third-order valence-corrected chi connectivity index (χ3v) is 5.16. The summed E-state index contributed by atoms with van der Waals surface area (Å²) < 4.78 is 7.81. The number of aromatic nitrogens is 2. The highest BCUT2D eigenvalue weighted by Crippen LogP contribution is 2.24. The zero-order valence-corrected chi connectivity index (χ0v) is 15.0. The van der Waals surface area contributed by atoms with E-state index in [2.05, 4.69) is 20.9 Å². The van der Waals surface area contributed by atoms with Gasteiger partial charge in [-0.05, 0) is 37.3 Å². The summed E-state index contributed by atoms with van der Waals surface area (Å²) in [4.78, 5) is 30.9. The van der Waals surface area contributed by atoms with Crippen molar-refractivity contribution in [2.75, 3.05) is 0 Å². The van der Waals surface area contributed by atoms with E-state index in [0.29, 0.717) is 15.8 Å². The van der Waals surface area contributed by atoms with Crippen LogP contribution in [0.15, 0.2) is 50.3 Å². The van der Waals surface area contributed by atoms with Crippen LogP contribution in [-0.4, -0.2) is 15.3 Å². The third kappa shape index (κ3) is 2.59. The lowest BCUT2D eigenvalue weighted by atomic mass is 10.2. The first-order chi connectivity index (χ1) is 11.5. The van der Waals surface area contributed by atoms with Gasteiger partial charge in [-0.25, -0.2) is 4.98 Å². The number of benzene rings is 1. The summed E-state index contributed by atoms with van der Waals surface area (Å²) in [5.41, 5.74) is 0.424. The average molecular weight is 403 g/mol. The molecule has 0 saturated carbocycles. The lowest BCUT2D eigenvalue weighted by Gasteiger charge is -2.02. The quantitative estimate of drug-likeness (QED) is 0.482. The predicted octanol–water partition coefficient (Wildman–Crippen LogP) is 4.16. The van der Waals surface area contributed by atoms with Gasteiger partial charge in [0.2, 0.25) is 5.78 Å². The Balaban J connectivity index is 1.70. The van der Waals surface area contributed by atoms with Gasteiger partial charge in [-0.1, -0.05) is 15.9 Å². The monoisotopic (exact) mass is 402 g/mol. The van der Waals surface area contributed by atoms with Gasteiger partial charge in [0.05, 0.1) is 18.3 Å². The van der Waals surface area contributed by atoms with Gasteiger partial charge in [-0.15, -0.1) is 11.3 Å². The number of thiophene rings is 1. The summed E-state index contributed by atoms with van der Waals surface area (Å²) in [5, 5.41) is 1.38. The van der Waals surface area contributed by atoms with Crippen molar-refractivity contribution >= 4 is 54.2 Å². The zero-order valence-electron chi connectivity index (χ0n) is 12.6. The molecule has 1 aromatic carbocycles. The fourth-order valence-electron chi connectivity index (χ4n) is 2.58. The van der Waals surface area contributed by atoms with Crippen molar-refractivity contribution < 1.29 is 9.21 Å². The second-order valence-electron chi connectivity index (χ2n) is 5.47. The minimum Gasteiger partial charge on any atom is -0.453 e. The first-order valence-electron chi connectivity index (χ1n) is 7.19. The number of nitrogens with zero attached hydrogens (tertiary/aromatic N) is 2. The van der Waals surface area contributed by atoms with Gasteiger partial charge in [-0.2, -0.15) is 0 Å². The number of hydrogen-bond donors (Lipinski definition) is 0. The Morgan fingerprint density at radius 3 is 3.00 bits per heavy atom. The van der Waals surface area contributed by atoms with E-state index in [9.17, 15) is 9.59 Å². The first kappa shape index (κ1) is 15.3. The number of halogens is 1. The van der Waals surface area contributed by atoms with E-state index >= 15 is 0 Å². The highest BCUT2D eigenvalue weighted by Gasteiger charge is 2.15. The van der Waals surface area contributed by atoms with E-state index in [0.717, 1.165) is 14.7 Å². The number of carbonyl (C=O) groups excluding carboxylic acids is 1. The van der Waals surface area contributed by atoms with Crippen molar-refractivity contribution in [3.8, 4) is 0 Å². The van der Waals surface area contributed by atoms with Crippen molar-refractivity contribution in [2.45, 2.75) is 13.5 Å². The molecule has 3 heterocycles. The molecule has 0 radical (unpaired) electrons. The molecule has 4 rings (SSSR count). The Morgan fingerprint density at radius 2 is 2.17 bits per heavy atom. The fourth-order valence-corrected chi connectivity index (χ4v) is 3.79. The van der Waals surface area contributed by atoms with E-state index in [4.69, 9.17) is 4.42 Å². The molecule has 0 fully saturated rings. The molecular weight excluding hydrogens is 392 g/mol. The van der Waals surface area contributed by atoms with E-state index < -0.39 is 0 Å². The second kappa shape index (κ2) is 5.68. The van der Waals surface area contributed by atoms with Crippen LogP contribution in [0.2, 0.25) is 0 Å². The number of aryl methyl sites for hydroxylation is 1. The largest absolute Gasteiger partial charge is 0.453 e. The molecule has 0 amide bonds. The maximum absolute atomic E-state index is 12.5. The van der Waals surface area contributed by atoms with Gasteiger partial charge < -0.3 is 4.42 Å².